The molecule has 0 aliphatic rings. The van der Waals surface area contributed by atoms with Crippen molar-refractivity contribution in [3.8, 4) is 11.1 Å². The van der Waals surface area contributed by atoms with Crippen molar-refractivity contribution in [1.29, 1.82) is 0 Å². The van der Waals surface area contributed by atoms with Gasteiger partial charge in [0.2, 0.25) is 0 Å². The highest BCUT2D eigenvalue weighted by Gasteiger charge is 2.11. The molecule has 2 aromatic carbocycles. The average molecular weight is 295 g/mol. The molecule has 116 valence electrons. The molecule has 2 heteroatoms. The van der Waals surface area contributed by atoms with E-state index in [0.29, 0.717) is 0 Å². The van der Waals surface area contributed by atoms with Crippen LogP contribution in [0.1, 0.15) is 49.9 Å². The van der Waals surface area contributed by atoms with Gasteiger partial charge in [0.05, 0.1) is 0 Å². The van der Waals surface area contributed by atoms with Crippen LogP contribution in [0.4, 0.5) is 0 Å². The minimum absolute atomic E-state index is 0.0302. The molecular formula is C20H25NO. The Bertz CT molecular complexity index is 574. The number of carbonyl (C=O) groups excluding carboxylic acids is 1. The molecule has 0 saturated heterocycles. The molecule has 2 rings (SSSR count). The van der Waals surface area contributed by atoms with Crippen LogP contribution >= 0.6 is 0 Å². The predicted octanol–water partition coefficient (Wildman–Crippen LogP) is 5.05. The maximum Gasteiger partial charge on any atom is 0.251 e. The van der Waals surface area contributed by atoms with Gasteiger partial charge in [0.25, 0.3) is 5.91 Å². The van der Waals surface area contributed by atoms with Gasteiger partial charge in [-0.05, 0) is 36.1 Å². The van der Waals surface area contributed by atoms with E-state index in [1.165, 1.54) is 5.56 Å². The molecule has 1 amide bonds. The van der Waals surface area contributed by atoms with Gasteiger partial charge >= 0.3 is 0 Å². The van der Waals surface area contributed by atoms with Crippen molar-refractivity contribution < 1.29 is 4.79 Å². The van der Waals surface area contributed by atoms with E-state index < -0.39 is 0 Å². The first-order valence-electron chi connectivity index (χ1n) is 8.21. The average Bonchev–Trinajstić information content (AvgIpc) is 2.59. The van der Waals surface area contributed by atoms with Gasteiger partial charge < -0.3 is 5.32 Å². The molecule has 0 bridgehead atoms. The van der Waals surface area contributed by atoms with Gasteiger partial charge in [-0.15, -0.1) is 0 Å². The lowest BCUT2D eigenvalue weighted by atomic mass is 10.0. The lowest BCUT2D eigenvalue weighted by Gasteiger charge is -2.16. The smallest absolute Gasteiger partial charge is 0.251 e. The minimum Gasteiger partial charge on any atom is -0.349 e. The second kappa shape index (κ2) is 8.38. The van der Waals surface area contributed by atoms with Gasteiger partial charge in [-0.2, -0.15) is 0 Å². The molecule has 0 saturated carbocycles. The summed E-state index contributed by atoms with van der Waals surface area (Å²) in [6, 6.07) is 18.3. The van der Waals surface area contributed by atoms with Gasteiger partial charge in [-0.3, -0.25) is 4.79 Å². The Hall–Kier alpha value is -2.09. The Balaban J connectivity index is 2.02. The topological polar surface area (TPSA) is 29.1 Å². The third-order valence-electron chi connectivity index (χ3n) is 3.99. The summed E-state index contributed by atoms with van der Waals surface area (Å²) in [5.41, 5.74) is 3.04. The normalized spacial score (nSPS) is 11.9. The lowest BCUT2D eigenvalue weighted by molar-refractivity contribution is 0.0933. The van der Waals surface area contributed by atoms with E-state index in [0.717, 1.165) is 36.8 Å². The molecule has 22 heavy (non-hydrogen) atoms. The Morgan fingerprint density at radius 1 is 0.955 bits per heavy atom. The molecule has 0 spiro atoms. The fraction of sp³-hybridized carbons (Fsp3) is 0.350. The van der Waals surface area contributed by atoms with Crippen LogP contribution < -0.4 is 5.32 Å². The summed E-state index contributed by atoms with van der Waals surface area (Å²) in [6.45, 7) is 4.30. The van der Waals surface area contributed by atoms with Crippen LogP contribution in [0.5, 0.6) is 0 Å². The van der Waals surface area contributed by atoms with E-state index in [-0.39, 0.29) is 11.9 Å². The first-order chi connectivity index (χ1) is 10.7. The van der Waals surface area contributed by atoms with E-state index >= 15 is 0 Å². The molecule has 2 nitrogen and oxygen atoms in total. The second-order valence-corrected chi connectivity index (χ2v) is 5.66. The van der Waals surface area contributed by atoms with Crippen molar-refractivity contribution in [2.75, 3.05) is 0 Å². The Kier molecular flexibility index (Phi) is 6.20. The van der Waals surface area contributed by atoms with Gasteiger partial charge in [0.1, 0.15) is 0 Å². The van der Waals surface area contributed by atoms with E-state index in [4.69, 9.17) is 0 Å². The molecule has 0 radical (unpaired) electrons. The zero-order valence-electron chi connectivity index (χ0n) is 13.5. The molecule has 0 aliphatic carbocycles. The quantitative estimate of drug-likeness (QED) is 0.760. The molecule has 2 aromatic rings. The van der Waals surface area contributed by atoms with Crippen LogP contribution in [0.2, 0.25) is 0 Å². The highest BCUT2D eigenvalue weighted by Crippen LogP contribution is 2.19. The standard InChI is InChI=1S/C20H25NO/c1-3-5-11-19(4-2)21-20(22)18-14-12-17(13-15-18)16-9-7-6-8-10-16/h6-10,12-15,19H,3-5,11H2,1-2H3,(H,21,22). The number of unbranched alkanes of at least 4 members (excludes halogenated alkanes) is 1. The second-order valence-electron chi connectivity index (χ2n) is 5.66. The fourth-order valence-electron chi connectivity index (χ4n) is 2.54. The van der Waals surface area contributed by atoms with Crippen LogP contribution in [0.15, 0.2) is 54.6 Å². The molecule has 0 aromatic heterocycles. The highest BCUT2D eigenvalue weighted by atomic mass is 16.1. The monoisotopic (exact) mass is 295 g/mol. The molecule has 0 fully saturated rings. The van der Waals surface area contributed by atoms with Crippen LogP contribution in [-0.4, -0.2) is 11.9 Å². The third-order valence-corrected chi connectivity index (χ3v) is 3.99. The van der Waals surface area contributed by atoms with Gasteiger partial charge in [0, 0.05) is 11.6 Å². The van der Waals surface area contributed by atoms with Gasteiger partial charge in [0.15, 0.2) is 0 Å². The molecule has 1 atom stereocenters. The Labute approximate surface area is 133 Å². The summed E-state index contributed by atoms with van der Waals surface area (Å²) in [7, 11) is 0. The maximum absolute atomic E-state index is 12.3. The van der Waals surface area contributed by atoms with Crippen LogP contribution in [0, 0.1) is 0 Å². The number of nitrogens with one attached hydrogen (secondary N) is 1. The van der Waals surface area contributed by atoms with Crippen molar-refractivity contribution in [1.82, 2.24) is 5.32 Å². The first-order valence-corrected chi connectivity index (χ1v) is 8.21. The van der Waals surface area contributed by atoms with Crippen LogP contribution in [0.25, 0.3) is 11.1 Å². The highest BCUT2D eigenvalue weighted by molar-refractivity contribution is 5.94. The first kappa shape index (κ1) is 16.3. The van der Waals surface area contributed by atoms with Crippen LogP contribution in [0.3, 0.4) is 0 Å². The number of hydrogen-bond donors (Lipinski definition) is 1. The lowest BCUT2D eigenvalue weighted by Crippen LogP contribution is -2.34. The van der Waals surface area contributed by atoms with Crippen molar-refractivity contribution >= 4 is 5.91 Å². The maximum atomic E-state index is 12.3. The number of benzene rings is 2. The predicted molar refractivity (Wildman–Crippen MR) is 92.9 cm³/mol. The zero-order chi connectivity index (χ0) is 15.8. The summed E-state index contributed by atoms with van der Waals surface area (Å²) in [5, 5.41) is 3.14. The minimum atomic E-state index is 0.0302. The summed E-state index contributed by atoms with van der Waals surface area (Å²) in [5.74, 6) is 0.0302. The molecule has 1 N–H and O–H groups in total. The van der Waals surface area contributed by atoms with Gasteiger partial charge in [-0.25, -0.2) is 0 Å². The summed E-state index contributed by atoms with van der Waals surface area (Å²) < 4.78 is 0. The number of hydrogen-bond acceptors (Lipinski definition) is 1. The fourth-order valence-corrected chi connectivity index (χ4v) is 2.54. The molecule has 1 unspecified atom stereocenters. The Morgan fingerprint density at radius 2 is 1.59 bits per heavy atom. The van der Waals surface area contributed by atoms with Crippen molar-refractivity contribution in [3.05, 3.63) is 60.2 Å². The van der Waals surface area contributed by atoms with Crippen molar-refractivity contribution in [2.45, 2.75) is 45.6 Å². The summed E-state index contributed by atoms with van der Waals surface area (Å²) >= 11 is 0. The molecule has 0 heterocycles. The van der Waals surface area contributed by atoms with E-state index in [2.05, 4.69) is 31.3 Å². The number of rotatable bonds is 7. The van der Waals surface area contributed by atoms with E-state index in [1.54, 1.807) is 0 Å². The zero-order valence-corrected chi connectivity index (χ0v) is 13.5. The van der Waals surface area contributed by atoms with E-state index in [9.17, 15) is 4.79 Å². The largest absolute Gasteiger partial charge is 0.349 e. The Morgan fingerprint density at radius 3 is 2.18 bits per heavy atom. The number of amides is 1. The summed E-state index contributed by atoms with van der Waals surface area (Å²) in [4.78, 5) is 12.3. The third kappa shape index (κ3) is 4.45. The van der Waals surface area contributed by atoms with Gasteiger partial charge in [-0.1, -0.05) is 69.2 Å². The number of carbonyl (C=O) groups is 1. The summed E-state index contributed by atoms with van der Waals surface area (Å²) in [6.07, 6.45) is 4.36. The van der Waals surface area contributed by atoms with Crippen molar-refractivity contribution in [3.63, 3.8) is 0 Å². The molecule has 0 aliphatic heterocycles. The van der Waals surface area contributed by atoms with E-state index in [1.807, 2.05) is 42.5 Å². The van der Waals surface area contributed by atoms with Crippen LogP contribution in [-0.2, 0) is 0 Å². The molecular weight excluding hydrogens is 270 g/mol. The SMILES string of the molecule is CCCCC(CC)NC(=O)c1ccc(-c2ccccc2)cc1. The van der Waals surface area contributed by atoms with Crippen molar-refractivity contribution in [2.24, 2.45) is 0 Å².